The molecule has 0 fully saturated rings. The second-order valence-electron chi connectivity index (χ2n) is 3.34. The fourth-order valence-corrected chi connectivity index (χ4v) is 1.91. The highest BCUT2D eigenvalue weighted by Gasteiger charge is 2.14. The van der Waals surface area contributed by atoms with E-state index in [1.807, 2.05) is 12.3 Å². The Morgan fingerprint density at radius 1 is 1.23 bits per heavy atom. The van der Waals surface area contributed by atoms with Crippen LogP contribution in [0.25, 0.3) is 5.57 Å². The average Bonchev–Trinajstić information content (AvgIpc) is 2.56. The molecule has 0 saturated carbocycles. The van der Waals surface area contributed by atoms with Crippen LogP contribution in [0.1, 0.15) is 6.42 Å². The van der Waals surface area contributed by atoms with Crippen molar-refractivity contribution >= 4 is 5.57 Å². The molecule has 3 rings (SSSR count). The fourth-order valence-electron chi connectivity index (χ4n) is 1.91. The Balaban J connectivity index is 2.43. The molecule has 2 nitrogen and oxygen atoms in total. The van der Waals surface area contributed by atoms with Gasteiger partial charge in [0.25, 0.3) is 0 Å². The number of nitrogens with one attached hydrogen (secondary N) is 1. The number of nitrogens with zero attached hydrogens (tertiary/aromatic N) is 1. The first-order chi connectivity index (χ1) is 6.45. The van der Waals surface area contributed by atoms with E-state index < -0.39 is 0 Å². The molecule has 13 heavy (non-hydrogen) atoms. The van der Waals surface area contributed by atoms with E-state index in [1.54, 1.807) is 0 Å². The molecule has 2 heteroatoms. The maximum atomic E-state index is 4.54. The zero-order valence-corrected chi connectivity index (χ0v) is 7.25. The van der Waals surface area contributed by atoms with Gasteiger partial charge in [0.15, 0.2) is 0 Å². The third kappa shape index (κ3) is 0.917. The molecule has 0 amide bonds. The molecule has 1 aromatic carbocycles. The molecule has 0 aliphatic carbocycles. The highest BCUT2D eigenvalue weighted by atomic mass is 14.9. The minimum absolute atomic E-state index is 1.03. The van der Waals surface area contributed by atoms with Gasteiger partial charge in [0.1, 0.15) is 0 Å². The molecule has 2 aliphatic rings. The standard InChI is InChI=1S/C11H10N2/c1-2-4-10-8(3-1)9-5-6-12-7-11(9)13-10/h1-4,7,12H,5-6H2. The van der Waals surface area contributed by atoms with E-state index in [-0.39, 0.29) is 0 Å². The third-order valence-corrected chi connectivity index (χ3v) is 2.54. The molecule has 1 aromatic rings. The first-order valence-electron chi connectivity index (χ1n) is 4.56. The number of fused-ring (bicyclic) bond motifs is 2. The van der Waals surface area contributed by atoms with Crippen molar-refractivity contribution in [3.8, 4) is 0 Å². The van der Waals surface area contributed by atoms with Gasteiger partial charge >= 0.3 is 0 Å². The molecule has 0 bridgehead atoms. The maximum absolute atomic E-state index is 4.54. The van der Waals surface area contributed by atoms with Crippen molar-refractivity contribution in [3.05, 3.63) is 46.7 Å². The second kappa shape index (κ2) is 2.46. The van der Waals surface area contributed by atoms with Crippen molar-refractivity contribution < 1.29 is 0 Å². The van der Waals surface area contributed by atoms with Crippen molar-refractivity contribution in [3.63, 3.8) is 0 Å². The summed E-state index contributed by atoms with van der Waals surface area (Å²) in [5, 5.41) is 5.65. The van der Waals surface area contributed by atoms with Gasteiger partial charge in [-0.25, -0.2) is 4.99 Å². The Labute approximate surface area is 76.3 Å². The number of hydrogen-bond acceptors (Lipinski definition) is 2. The number of hydrogen-bond donors (Lipinski definition) is 1. The monoisotopic (exact) mass is 170 g/mol. The van der Waals surface area contributed by atoms with Gasteiger partial charge < -0.3 is 5.32 Å². The lowest BCUT2D eigenvalue weighted by Gasteiger charge is -2.11. The van der Waals surface area contributed by atoms with Gasteiger partial charge in [-0.15, -0.1) is 0 Å². The molecular formula is C11H10N2. The quantitative estimate of drug-likeness (QED) is 0.595. The van der Waals surface area contributed by atoms with E-state index >= 15 is 0 Å². The Hall–Kier alpha value is -1.57. The first-order valence-corrected chi connectivity index (χ1v) is 4.56. The van der Waals surface area contributed by atoms with Gasteiger partial charge in [-0.1, -0.05) is 18.2 Å². The topological polar surface area (TPSA) is 24.4 Å². The van der Waals surface area contributed by atoms with Gasteiger partial charge in [-0.2, -0.15) is 0 Å². The summed E-state index contributed by atoms with van der Waals surface area (Å²) in [6, 6.07) is 8.34. The highest BCUT2D eigenvalue weighted by molar-refractivity contribution is 5.66. The Bertz CT molecular complexity index is 497. The summed E-state index contributed by atoms with van der Waals surface area (Å²) in [7, 11) is 0. The highest BCUT2D eigenvalue weighted by Crippen LogP contribution is 2.18. The smallest absolute Gasteiger partial charge is 0.0833 e. The first kappa shape index (κ1) is 6.89. The van der Waals surface area contributed by atoms with E-state index in [1.165, 1.54) is 10.8 Å². The van der Waals surface area contributed by atoms with Crippen molar-refractivity contribution in [1.29, 1.82) is 0 Å². The predicted octanol–water partition coefficient (Wildman–Crippen LogP) is 0.305. The van der Waals surface area contributed by atoms with Crippen LogP contribution >= 0.6 is 0 Å². The van der Waals surface area contributed by atoms with Crippen LogP contribution in [-0.2, 0) is 0 Å². The number of rotatable bonds is 0. The molecule has 0 saturated heterocycles. The van der Waals surface area contributed by atoms with Crippen LogP contribution in [0.2, 0.25) is 0 Å². The van der Waals surface area contributed by atoms with Crippen LogP contribution in [0.3, 0.4) is 0 Å². The SMILES string of the molecule is C1=C2N=c3ccccc3=C2CCN1. The Kier molecular flexibility index (Phi) is 1.30. The molecule has 64 valence electrons. The molecule has 0 unspecified atom stereocenters. The Morgan fingerprint density at radius 2 is 2.15 bits per heavy atom. The van der Waals surface area contributed by atoms with Crippen LogP contribution in [0, 0.1) is 0 Å². The molecule has 0 spiro atoms. The van der Waals surface area contributed by atoms with E-state index in [0.29, 0.717) is 0 Å². The van der Waals surface area contributed by atoms with E-state index in [9.17, 15) is 0 Å². The van der Waals surface area contributed by atoms with E-state index in [2.05, 4.69) is 28.5 Å². The summed E-state index contributed by atoms with van der Waals surface area (Å²) in [6.07, 6.45) is 3.10. The lowest BCUT2D eigenvalue weighted by molar-refractivity contribution is 0.825. The predicted molar refractivity (Wildman–Crippen MR) is 51.3 cm³/mol. The summed E-state index contributed by atoms with van der Waals surface area (Å²) >= 11 is 0. The van der Waals surface area contributed by atoms with Crippen LogP contribution in [0.15, 0.2) is 41.2 Å². The minimum Gasteiger partial charge on any atom is -0.389 e. The molecule has 0 radical (unpaired) electrons. The lowest BCUT2D eigenvalue weighted by atomic mass is 10.1. The summed E-state index contributed by atoms with van der Waals surface area (Å²) in [6.45, 7) is 1.03. The number of allylic oxidation sites excluding steroid dienone is 1. The van der Waals surface area contributed by atoms with Crippen molar-refractivity contribution in [2.45, 2.75) is 6.42 Å². The molecule has 2 heterocycles. The number of para-hydroxylation sites is 1. The van der Waals surface area contributed by atoms with Crippen LogP contribution in [0.4, 0.5) is 0 Å². The summed E-state index contributed by atoms with van der Waals surface area (Å²) in [4.78, 5) is 4.54. The van der Waals surface area contributed by atoms with Gasteiger partial charge in [0.05, 0.1) is 11.1 Å². The largest absolute Gasteiger partial charge is 0.389 e. The summed E-state index contributed by atoms with van der Waals surface area (Å²) in [5.74, 6) is 0. The van der Waals surface area contributed by atoms with Gasteiger partial charge in [0, 0.05) is 18.0 Å². The molecule has 1 N–H and O–H groups in total. The second-order valence-corrected chi connectivity index (χ2v) is 3.34. The maximum Gasteiger partial charge on any atom is 0.0833 e. The van der Waals surface area contributed by atoms with E-state index in [4.69, 9.17) is 0 Å². The lowest BCUT2D eigenvalue weighted by Crippen LogP contribution is -2.23. The third-order valence-electron chi connectivity index (χ3n) is 2.54. The number of benzene rings is 1. The molecule has 0 atom stereocenters. The average molecular weight is 170 g/mol. The van der Waals surface area contributed by atoms with Crippen molar-refractivity contribution in [2.24, 2.45) is 4.99 Å². The molecule has 2 aliphatic heterocycles. The normalized spacial score (nSPS) is 18.2. The van der Waals surface area contributed by atoms with Crippen molar-refractivity contribution in [1.82, 2.24) is 5.32 Å². The van der Waals surface area contributed by atoms with Gasteiger partial charge in [-0.05, 0) is 18.1 Å². The van der Waals surface area contributed by atoms with Crippen LogP contribution < -0.4 is 15.9 Å². The molecule has 0 aromatic heterocycles. The summed E-state index contributed by atoms with van der Waals surface area (Å²) in [5.41, 5.74) is 2.52. The zero-order chi connectivity index (χ0) is 8.67. The Morgan fingerprint density at radius 3 is 3.15 bits per heavy atom. The van der Waals surface area contributed by atoms with Crippen LogP contribution in [-0.4, -0.2) is 6.54 Å². The summed E-state index contributed by atoms with van der Waals surface area (Å²) < 4.78 is 0. The van der Waals surface area contributed by atoms with E-state index in [0.717, 1.165) is 24.0 Å². The van der Waals surface area contributed by atoms with Gasteiger partial charge in [-0.3, -0.25) is 0 Å². The van der Waals surface area contributed by atoms with Crippen LogP contribution in [0.5, 0.6) is 0 Å². The van der Waals surface area contributed by atoms with Gasteiger partial charge in [0.2, 0.25) is 0 Å². The molecular weight excluding hydrogens is 160 g/mol. The zero-order valence-electron chi connectivity index (χ0n) is 7.25. The minimum atomic E-state index is 1.03. The fraction of sp³-hybridized carbons (Fsp3) is 0.182. The van der Waals surface area contributed by atoms with Crippen molar-refractivity contribution in [2.75, 3.05) is 6.54 Å².